The van der Waals surface area contributed by atoms with E-state index in [-0.39, 0.29) is 29.2 Å². The van der Waals surface area contributed by atoms with E-state index in [9.17, 15) is 14.4 Å². The summed E-state index contributed by atoms with van der Waals surface area (Å²) in [5.41, 5.74) is 1.88. The number of carbonyl (C=O) groups excluding carboxylic acids is 3. The molecule has 2 aliphatic rings. The second-order valence-electron chi connectivity index (χ2n) is 7.93. The molecule has 2 aliphatic heterocycles. The normalized spacial score (nSPS) is 21.0. The maximum Gasteiger partial charge on any atom is 0.244 e. The molecule has 1 aromatic rings. The van der Waals surface area contributed by atoms with E-state index in [1.807, 2.05) is 55.1 Å². The van der Waals surface area contributed by atoms with Gasteiger partial charge in [0.25, 0.3) is 0 Å². The Kier molecular flexibility index (Phi) is 5.14. The zero-order valence-electron chi connectivity index (χ0n) is 15.7. The van der Waals surface area contributed by atoms with Crippen molar-refractivity contribution in [3.8, 4) is 0 Å². The van der Waals surface area contributed by atoms with E-state index >= 15 is 0 Å². The van der Waals surface area contributed by atoms with Gasteiger partial charge < -0.3 is 4.90 Å². The molecule has 1 spiro atoms. The van der Waals surface area contributed by atoms with Crippen molar-refractivity contribution in [2.45, 2.75) is 38.6 Å². The van der Waals surface area contributed by atoms with Crippen LogP contribution in [0.25, 0.3) is 0 Å². The van der Waals surface area contributed by atoms with Crippen molar-refractivity contribution in [1.29, 1.82) is 0 Å². The van der Waals surface area contributed by atoms with Gasteiger partial charge in [-0.25, -0.2) is 0 Å². The van der Waals surface area contributed by atoms with Crippen LogP contribution >= 0.6 is 0 Å². The molecule has 0 aromatic heterocycles. The molecule has 26 heavy (non-hydrogen) atoms. The van der Waals surface area contributed by atoms with Crippen LogP contribution in [0, 0.1) is 12.3 Å². The maximum absolute atomic E-state index is 13.2. The van der Waals surface area contributed by atoms with Crippen LogP contribution in [-0.2, 0) is 14.4 Å². The van der Waals surface area contributed by atoms with Gasteiger partial charge >= 0.3 is 0 Å². The van der Waals surface area contributed by atoms with Gasteiger partial charge in [-0.05, 0) is 44.8 Å². The average Bonchev–Trinajstić information content (AvgIpc) is 2.56. The van der Waals surface area contributed by atoms with Crippen LogP contribution in [0.5, 0.6) is 0 Å². The fourth-order valence-corrected chi connectivity index (χ4v) is 4.13. The highest BCUT2D eigenvalue weighted by Gasteiger charge is 2.43. The molecule has 1 atom stereocenters. The molecule has 0 unspecified atom stereocenters. The van der Waals surface area contributed by atoms with Gasteiger partial charge in [-0.15, -0.1) is 0 Å². The Hall–Kier alpha value is -2.21. The molecule has 1 N–H and O–H groups in total. The lowest BCUT2D eigenvalue weighted by molar-refractivity contribution is -0.143. The van der Waals surface area contributed by atoms with Gasteiger partial charge in [0.2, 0.25) is 17.7 Å². The zero-order valence-corrected chi connectivity index (χ0v) is 15.7. The molecule has 0 bridgehead atoms. The van der Waals surface area contributed by atoms with Gasteiger partial charge in [-0.1, -0.05) is 29.8 Å². The number of carbonyl (C=O) groups is 3. The molecule has 0 radical (unpaired) electrons. The lowest BCUT2D eigenvalue weighted by Gasteiger charge is -2.44. The fourth-order valence-electron chi connectivity index (χ4n) is 4.13. The van der Waals surface area contributed by atoms with E-state index in [1.54, 1.807) is 0 Å². The lowest BCUT2D eigenvalue weighted by Crippen LogP contribution is -2.52. The SMILES string of the molecule is Cc1ccc([C@@H](C(=O)N2CCC3(CC2)CC(=O)NC(=O)C3)N(C)C)cc1. The predicted octanol–water partition coefficient (Wildman–Crippen LogP) is 1.64. The number of piperidine rings is 2. The predicted molar refractivity (Wildman–Crippen MR) is 98.2 cm³/mol. The Morgan fingerprint density at radius 2 is 1.62 bits per heavy atom. The minimum absolute atomic E-state index is 0.0836. The van der Waals surface area contributed by atoms with Crippen molar-refractivity contribution in [2.75, 3.05) is 27.2 Å². The van der Waals surface area contributed by atoms with Crippen LogP contribution in [0.2, 0.25) is 0 Å². The first-order valence-electron chi connectivity index (χ1n) is 9.14. The van der Waals surface area contributed by atoms with Gasteiger partial charge in [0, 0.05) is 25.9 Å². The number of imide groups is 1. The summed E-state index contributed by atoms with van der Waals surface area (Å²) in [6.45, 7) is 3.22. The second kappa shape index (κ2) is 7.19. The smallest absolute Gasteiger partial charge is 0.244 e. The van der Waals surface area contributed by atoms with E-state index in [0.29, 0.717) is 38.8 Å². The van der Waals surface area contributed by atoms with Crippen LogP contribution in [0.3, 0.4) is 0 Å². The number of likely N-dealkylation sites (N-methyl/N-ethyl adjacent to an activating group) is 1. The van der Waals surface area contributed by atoms with Gasteiger partial charge in [-0.2, -0.15) is 0 Å². The van der Waals surface area contributed by atoms with E-state index < -0.39 is 0 Å². The molecule has 3 amide bonds. The highest BCUT2D eigenvalue weighted by molar-refractivity contribution is 5.98. The molecule has 1 aromatic carbocycles. The maximum atomic E-state index is 13.2. The minimum Gasteiger partial charge on any atom is -0.341 e. The van der Waals surface area contributed by atoms with Gasteiger partial charge in [0.05, 0.1) is 0 Å². The first-order chi connectivity index (χ1) is 12.3. The number of benzene rings is 1. The third kappa shape index (κ3) is 3.80. The summed E-state index contributed by atoms with van der Waals surface area (Å²) in [6.07, 6.45) is 2.17. The van der Waals surface area contributed by atoms with Gasteiger partial charge in [0.1, 0.15) is 6.04 Å². The van der Waals surface area contributed by atoms with Crippen LogP contribution in [-0.4, -0.2) is 54.7 Å². The molecule has 2 fully saturated rings. The zero-order chi connectivity index (χ0) is 18.9. The summed E-state index contributed by atoms with van der Waals surface area (Å²) in [5, 5.41) is 2.38. The van der Waals surface area contributed by atoms with E-state index in [4.69, 9.17) is 0 Å². The monoisotopic (exact) mass is 357 g/mol. The summed E-state index contributed by atoms with van der Waals surface area (Å²) >= 11 is 0. The summed E-state index contributed by atoms with van der Waals surface area (Å²) in [6, 6.07) is 7.74. The topological polar surface area (TPSA) is 69.7 Å². The number of hydrogen-bond donors (Lipinski definition) is 1. The minimum atomic E-state index is -0.319. The quantitative estimate of drug-likeness (QED) is 0.835. The highest BCUT2D eigenvalue weighted by atomic mass is 16.2. The second-order valence-corrected chi connectivity index (χ2v) is 7.93. The van der Waals surface area contributed by atoms with Crippen molar-refractivity contribution < 1.29 is 14.4 Å². The third-order valence-corrected chi connectivity index (χ3v) is 5.63. The summed E-state index contributed by atoms with van der Waals surface area (Å²) in [5.74, 6) is -0.293. The number of amides is 3. The Bertz CT molecular complexity index is 686. The number of rotatable bonds is 3. The number of nitrogens with one attached hydrogen (secondary N) is 1. The molecule has 2 heterocycles. The standard InChI is InChI=1S/C20H27N3O3/c1-14-4-6-15(7-5-14)18(22(2)3)19(26)23-10-8-20(9-11-23)12-16(24)21-17(25)13-20/h4-7,18H,8-13H2,1-3H3,(H,21,24,25)/t18-/m0/s1. The number of nitrogens with zero attached hydrogens (tertiary/aromatic N) is 2. The molecule has 6 heteroatoms. The average molecular weight is 357 g/mol. The number of hydrogen-bond acceptors (Lipinski definition) is 4. The van der Waals surface area contributed by atoms with E-state index in [2.05, 4.69) is 5.32 Å². The molecule has 6 nitrogen and oxygen atoms in total. The van der Waals surface area contributed by atoms with Crippen LogP contribution < -0.4 is 5.32 Å². The van der Waals surface area contributed by atoms with Crippen molar-refractivity contribution in [1.82, 2.24) is 15.1 Å². The Labute approximate surface area is 154 Å². The Morgan fingerprint density at radius 1 is 1.08 bits per heavy atom. The van der Waals surface area contributed by atoms with Gasteiger partial charge in [0.15, 0.2) is 0 Å². The van der Waals surface area contributed by atoms with Crippen molar-refractivity contribution in [2.24, 2.45) is 5.41 Å². The highest BCUT2D eigenvalue weighted by Crippen LogP contribution is 2.40. The van der Waals surface area contributed by atoms with Crippen LogP contribution in [0.4, 0.5) is 0 Å². The summed E-state index contributed by atoms with van der Waals surface area (Å²) < 4.78 is 0. The number of aryl methyl sites for hydroxylation is 1. The molecular formula is C20H27N3O3. The molecule has 140 valence electrons. The summed E-state index contributed by atoms with van der Waals surface area (Å²) in [4.78, 5) is 40.5. The molecule has 0 saturated carbocycles. The first-order valence-corrected chi connectivity index (χ1v) is 9.14. The molecule has 3 rings (SSSR count). The Morgan fingerprint density at radius 3 is 2.12 bits per heavy atom. The Balaban J connectivity index is 1.71. The van der Waals surface area contributed by atoms with Crippen LogP contribution in [0.1, 0.15) is 42.9 Å². The fraction of sp³-hybridized carbons (Fsp3) is 0.550. The van der Waals surface area contributed by atoms with Crippen molar-refractivity contribution >= 4 is 17.7 Å². The number of likely N-dealkylation sites (tertiary alicyclic amines) is 1. The van der Waals surface area contributed by atoms with Gasteiger partial charge in [-0.3, -0.25) is 24.6 Å². The molecular weight excluding hydrogens is 330 g/mol. The first kappa shape index (κ1) is 18.6. The molecule has 2 saturated heterocycles. The van der Waals surface area contributed by atoms with Crippen molar-refractivity contribution in [3.05, 3.63) is 35.4 Å². The third-order valence-electron chi connectivity index (χ3n) is 5.63. The summed E-state index contributed by atoms with van der Waals surface area (Å²) in [7, 11) is 3.83. The van der Waals surface area contributed by atoms with Crippen molar-refractivity contribution in [3.63, 3.8) is 0 Å². The van der Waals surface area contributed by atoms with E-state index in [1.165, 1.54) is 5.56 Å². The molecule has 0 aliphatic carbocycles. The van der Waals surface area contributed by atoms with Crippen LogP contribution in [0.15, 0.2) is 24.3 Å². The largest absolute Gasteiger partial charge is 0.341 e. The van der Waals surface area contributed by atoms with E-state index in [0.717, 1.165) is 5.56 Å². The lowest BCUT2D eigenvalue weighted by atomic mass is 9.71.